The van der Waals surface area contributed by atoms with E-state index in [1.807, 2.05) is 18.2 Å². The smallest absolute Gasteiger partial charge is 0.237 e. The summed E-state index contributed by atoms with van der Waals surface area (Å²) in [6.45, 7) is 5.62. The second-order valence-corrected chi connectivity index (χ2v) is 10.4. The number of likely N-dealkylation sites (tertiary alicyclic amines) is 2. The van der Waals surface area contributed by atoms with Crippen molar-refractivity contribution in [1.29, 1.82) is 0 Å². The molecule has 0 spiro atoms. The molecule has 0 radical (unpaired) electrons. The molecule has 166 valence electrons. The van der Waals surface area contributed by atoms with Crippen LogP contribution in [0.1, 0.15) is 38.2 Å². The fourth-order valence-electron chi connectivity index (χ4n) is 5.45. The van der Waals surface area contributed by atoms with E-state index in [1.54, 1.807) is 11.8 Å². The van der Waals surface area contributed by atoms with Gasteiger partial charge in [-0.15, -0.1) is 11.8 Å². The lowest BCUT2D eigenvalue weighted by atomic mass is 9.93. The van der Waals surface area contributed by atoms with Gasteiger partial charge in [-0.3, -0.25) is 19.8 Å². The summed E-state index contributed by atoms with van der Waals surface area (Å²) in [6.07, 6.45) is 4.03. The molecule has 0 aliphatic carbocycles. The van der Waals surface area contributed by atoms with Gasteiger partial charge in [0.15, 0.2) is 0 Å². The van der Waals surface area contributed by atoms with E-state index in [9.17, 15) is 9.59 Å². The molecule has 2 amide bonds. The largest absolute Gasteiger partial charge is 0.342 e. The molecule has 1 aromatic carbocycles. The number of hydrogen-bond donors (Lipinski definition) is 2. The van der Waals surface area contributed by atoms with Crippen molar-refractivity contribution in [3.8, 4) is 0 Å². The van der Waals surface area contributed by atoms with E-state index < -0.39 is 0 Å². The number of amides is 2. The highest BCUT2D eigenvalue weighted by Gasteiger charge is 2.44. The maximum atomic E-state index is 13.2. The number of carbonyl (C=O) groups is 2. The highest BCUT2D eigenvalue weighted by Crippen LogP contribution is 2.38. The zero-order valence-electron chi connectivity index (χ0n) is 18.1. The quantitative estimate of drug-likeness (QED) is 0.756. The number of nitrogens with zero attached hydrogens (tertiary/aromatic N) is 2. The average molecular weight is 441 g/mol. The van der Waals surface area contributed by atoms with E-state index in [1.165, 1.54) is 12.0 Å². The van der Waals surface area contributed by atoms with Crippen molar-refractivity contribution in [2.75, 3.05) is 26.2 Å². The van der Waals surface area contributed by atoms with Gasteiger partial charge in [0.1, 0.15) is 11.5 Å². The molecule has 0 aromatic heterocycles. The topological polar surface area (TPSA) is 64.7 Å². The van der Waals surface area contributed by atoms with Gasteiger partial charge in [-0.1, -0.05) is 37.3 Å². The first-order valence-corrected chi connectivity index (χ1v) is 12.5. The van der Waals surface area contributed by atoms with Gasteiger partial charge in [0.2, 0.25) is 11.8 Å². The number of hydrogen-bond acceptors (Lipinski definition) is 5. The Kier molecular flexibility index (Phi) is 6.08. The molecule has 4 heterocycles. The van der Waals surface area contributed by atoms with E-state index >= 15 is 0 Å². The van der Waals surface area contributed by atoms with Crippen molar-refractivity contribution in [2.45, 2.75) is 50.2 Å². The van der Waals surface area contributed by atoms with Gasteiger partial charge in [-0.05, 0) is 48.1 Å². The third-order valence-electron chi connectivity index (χ3n) is 7.10. The number of nitrogens with one attached hydrogen (secondary N) is 2. The summed E-state index contributed by atoms with van der Waals surface area (Å²) in [4.78, 5) is 30.4. The number of benzene rings is 1. The first-order valence-electron chi connectivity index (χ1n) is 11.6. The van der Waals surface area contributed by atoms with Crippen LogP contribution in [0.2, 0.25) is 0 Å². The molecule has 3 saturated heterocycles. The van der Waals surface area contributed by atoms with Crippen LogP contribution in [0.3, 0.4) is 0 Å². The van der Waals surface area contributed by atoms with Crippen LogP contribution >= 0.6 is 11.8 Å². The van der Waals surface area contributed by atoms with Crippen LogP contribution < -0.4 is 10.6 Å². The Morgan fingerprint density at radius 3 is 2.71 bits per heavy atom. The summed E-state index contributed by atoms with van der Waals surface area (Å²) in [5.41, 5.74) is 2.34. The van der Waals surface area contributed by atoms with Crippen molar-refractivity contribution >= 4 is 29.1 Å². The summed E-state index contributed by atoms with van der Waals surface area (Å²) in [5.74, 6) is 1.01. The molecule has 5 rings (SSSR count). The fourth-order valence-corrected chi connectivity index (χ4v) is 6.60. The lowest BCUT2D eigenvalue weighted by Gasteiger charge is -2.44. The van der Waals surface area contributed by atoms with Crippen molar-refractivity contribution < 1.29 is 9.59 Å². The van der Waals surface area contributed by atoms with Crippen LogP contribution in [-0.2, 0) is 9.59 Å². The highest BCUT2D eigenvalue weighted by atomic mass is 32.2. The van der Waals surface area contributed by atoms with Crippen molar-refractivity contribution in [3.63, 3.8) is 0 Å². The minimum absolute atomic E-state index is 0.00910. The number of piperidine rings is 2. The van der Waals surface area contributed by atoms with Gasteiger partial charge in [0.25, 0.3) is 0 Å². The second kappa shape index (κ2) is 8.96. The van der Waals surface area contributed by atoms with Crippen LogP contribution in [0, 0.1) is 11.8 Å². The van der Waals surface area contributed by atoms with Gasteiger partial charge >= 0.3 is 0 Å². The van der Waals surface area contributed by atoms with Gasteiger partial charge in [-0.2, -0.15) is 0 Å². The Labute approximate surface area is 188 Å². The van der Waals surface area contributed by atoms with Gasteiger partial charge < -0.3 is 10.2 Å². The second-order valence-electron chi connectivity index (χ2n) is 9.42. The number of rotatable bonds is 3. The Morgan fingerprint density at radius 2 is 1.90 bits per heavy atom. The Balaban J connectivity index is 1.27. The third kappa shape index (κ3) is 4.28. The molecule has 4 aliphatic rings. The maximum Gasteiger partial charge on any atom is 0.237 e. The predicted molar refractivity (Wildman–Crippen MR) is 124 cm³/mol. The van der Waals surface area contributed by atoms with E-state index in [4.69, 9.17) is 0 Å². The minimum Gasteiger partial charge on any atom is -0.342 e. The lowest BCUT2D eigenvalue weighted by Crippen LogP contribution is -2.69. The monoisotopic (exact) mass is 440 g/mol. The van der Waals surface area contributed by atoms with Crippen molar-refractivity contribution in [2.24, 2.45) is 11.8 Å². The van der Waals surface area contributed by atoms with Crippen LogP contribution in [0.5, 0.6) is 0 Å². The number of fused-ring (bicyclic) bond motifs is 1. The van der Waals surface area contributed by atoms with Crippen LogP contribution in [0.4, 0.5) is 0 Å². The van der Waals surface area contributed by atoms with Crippen LogP contribution in [-0.4, -0.2) is 65.4 Å². The average Bonchev–Trinajstić information content (AvgIpc) is 3.24. The maximum absolute atomic E-state index is 13.2. The highest BCUT2D eigenvalue weighted by molar-refractivity contribution is 8.04. The van der Waals surface area contributed by atoms with Gasteiger partial charge in [-0.25, -0.2) is 0 Å². The molecule has 0 saturated carbocycles. The van der Waals surface area contributed by atoms with Crippen molar-refractivity contribution in [1.82, 2.24) is 20.4 Å². The minimum atomic E-state index is -0.226. The van der Waals surface area contributed by atoms with Crippen molar-refractivity contribution in [3.05, 3.63) is 41.3 Å². The molecule has 1 aromatic rings. The SMILES string of the molecule is CC1CCCN(C(=O)C2CCCN(C3NC(=O)C4SC=C(c5ccccc5)C4N3)C2)C1. The number of thioether (sulfide) groups is 1. The van der Waals surface area contributed by atoms with Crippen LogP contribution in [0.15, 0.2) is 35.7 Å². The zero-order chi connectivity index (χ0) is 21.4. The fraction of sp³-hybridized carbons (Fsp3) is 0.583. The summed E-state index contributed by atoms with van der Waals surface area (Å²) in [6, 6.07) is 10.3. The van der Waals surface area contributed by atoms with E-state index in [2.05, 4.69) is 44.9 Å². The number of carbonyl (C=O) groups excluding carboxylic acids is 2. The molecule has 5 atom stereocenters. The molecule has 7 heteroatoms. The van der Waals surface area contributed by atoms with Gasteiger partial charge in [0.05, 0.1) is 12.0 Å². The normalized spacial score (nSPS) is 34.1. The van der Waals surface area contributed by atoms with Crippen LogP contribution in [0.25, 0.3) is 5.57 Å². The first kappa shape index (κ1) is 21.0. The summed E-state index contributed by atoms with van der Waals surface area (Å²) < 4.78 is 0. The molecule has 31 heavy (non-hydrogen) atoms. The Hall–Kier alpha value is -1.83. The molecular formula is C24H32N4O2S. The third-order valence-corrected chi connectivity index (χ3v) is 8.27. The molecule has 4 aliphatic heterocycles. The molecule has 5 unspecified atom stereocenters. The Bertz CT molecular complexity index is 860. The molecule has 0 bridgehead atoms. The summed E-state index contributed by atoms with van der Waals surface area (Å²) >= 11 is 1.59. The zero-order valence-corrected chi connectivity index (χ0v) is 18.9. The van der Waals surface area contributed by atoms with Gasteiger partial charge in [0, 0.05) is 26.2 Å². The summed E-state index contributed by atoms with van der Waals surface area (Å²) in [7, 11) is 0. The summed E-state index contributed by atoms with van der Waals surface area (Å²) in [5, 5.41) is 8.85. The van der Waals surface area contributed by atoms with E-state index in [-0.39, 0.29) is 29.4 Å². The molecule has 6 nitrogen and oxygen atoms in total. The lowest BCUT2D eigenvalue weighted by molar-refractivity contribution is -0.140. The molecule has 3 fully saturated rings. The first-order chi connectivity index (χ1) is 15.1. The predicted octanol–water partition coefficient (Wildman–Crippen LogP) is 2.49. The molecule has 2 N–H and O–H groups in total. The standard InChI is InChI=1S/C24H32N4O2S/c1-16-7-5-11-27(13-16)23(30)18-10-6-12-28(14-18)24-25-20-19(17-8-3-2-4-9-17)15-31-21(20)22(29)26-24/h2-4,8-9,15-16,18,20-21,24-25H,5-7,10-14H2,1H3,(H,26,29). The van der Waals surface area contributed by atoms with E-state index in [0.717, 1.165) is 44.5 Å². The van der Waals surface area contributed by atoms with E-state index in [0.29, 0.717) is 18.4 Å². The molecular weight excluding hydrogens is 408 g/mol. The Morgan fingerprint density at radius 1 is 1.10 bits per heavy atom.